The minimum absolute atomic E-state index is 0.605. The molecule has 0 aliphatic heterocycles. The van der Waals surface area contributed by atoms with Gasteiger partial charge in [-0.05, 0) is 23.3 Å². The lowest BCUT2D eigenvalue weighted by molar-refractivity contribution is 0.327. The molecule has 0 amide bonds. The fourth-order valence-electron chi connectivity index (χ4n) is 2.12. The molecule has 3 aromatic rings. The van der Waals surface area contributed by atoms with Gasteiger partial charge in [-0.25, -0.2) is 5.10 Å². The predicted octanol–water partition coefficient (Wildman–Crippen LogP) is 3.43. The number of hydrogen-bond donors (Lipinski definition) is 1. The largest absolute Gasteiger partial charge is 0.478 e. The Morgan fingerprint density at radius 3 is 2.89 bits per heavy atom. The van der Waals surface area contributed by atoms with Gasteiger partial charge in [-0.2, -0.15) is 5.10 Å². The normalized spacial score (nSPS) is 10.7. The van der Waals surface area contributed by atoms with Crippen molar-refractivity contribution in [3.05, 3.63) is 48.7 Å². The van der Waals surface area contributed by atoms with Crippen molar-refractivity contribution in [2.75, 3.05) is 6.61 Å². The Morgan fingerprint density at radius 1 is 1.17 bits per heavy atom. The first kappa shape index (κ1) is 10.8. The van der Waals surface area contributed by atoms with Crippen LogP contribution in [0.3, 0.4) is 0 Å². The molecule has 0 spiro atoms. The summed E-state index contributed by atoms with van der Waals surface area (Å²) in [6, 6.07) is 14.5. The zero-order valence-electron chi connectivity index (χ0n) is 10.1. The molecule has 2 aromatic carbocycles. The van der Waals surface area contributed by atoms with E-state index in [4.69, 9.17) is 4.74 Å². The van der Waals surface area contributed by atoms with Crippen molar-refractivity contribution in [3.63, 3.8) is 0 Å². The smallest absolute Gasteiger partial charge is 0.217 e. The van der Waals surface area contributed by atoms with E-state index < -0.39 is 0 Å². The molecule has 0 atom stereocenters. The second kappa shape index (κ2) is 4.53. The van der Waals surface area contributed by atoms with Crippen LogP contribution in [0.5, 0.6) is 5.88 Å². The quantitative estimate of drug-likeness (QED) is 0.757. The van der Waals surface area contributed by atoms with Crippen LogP contribution in [0.25, 0.3) is 21.9 Å². The Morgan fingerprint density at radius 2 is 2.00 bits per heavy atom. The second-order valence-electron chi connectivity index (χ2n) is 4.00. The van der Waals surface area contributed by atoms with Crippen LogP contribution in [0.1, 0.15) is 6.92 Å². The lowest BCUT2D eigenvalue weighted by atomic mass is 10.0. The van der Waals surface area contributed by atoms with Gasteiger partial charge in [0.05, 0.1) is 12.2 Å². The predicted molar refractivity (Wildman–Crippen MR) is 71.5 cm³/mol. The van der Waals surface area contributed by atoms with Crippen LogP contribution in [0.4, 0.5) is 0 Å². The van der Waals surface area contributed by atoms with E-state index in [-0.39, 0.29) is 0 Å². The number of aromatic nitrogens is 2. The number of benzene rings is 2. The Balaban J connectivity index is 2.22. The highest BCUT2D eigenvalue weighted by Gasteiger charge is 2.11. The number of rotatable bonds is 3. The van der Waals surface area contributed by atoms with E-state index in [1.165, 1.54) is 10.8 Å². The topological polar surface area (TPSA) is 37.9 Å². The molecule has 0 saturated carbocycles. The van der Waals surface area contributed by atoms with Crippen LogP contribution in [0.15, 0.2) is 42.5 Å². The number of hydrogen-bond acceptors (Lipinski definition) is 2. The number of H-pyrrole nitrogens is 1. The van der Waals surface area contributed by atoms with Gasteiger partial charge >= 0.3 is 0 Å². The molecule has 3 heteroatoms. The highest BCUT2D eigenvalue weighted by atomic mass is 16.5. The zero-order valence-corrected chi connectivity index (χ0v) is 10.1. The number of nitrogens with one attached hydrogen (secondary N) is 1. The van der Waals surface area contributed by atoms with Gasteiger partial charge in [-0.15, -0.1) is 0 Å². The van der Waals surface area contributed by atoms with Crippen LogP contribution < -0.4 is 4.74 Å². The Bertz CT molecular complexity index is 668. The first-order chi connectivity index (χ1) is 8.90. The van der Waals surface area contributed by atoms with E-state index in [2.05, 4.69) is 40.7 Å². The summed E-state index contributed by atoms with van der Waals surface area (Å²) in [5.41, 5.74) is 1.97. The monoisotopic (exact) mass is 237 g/mol. The summed E-state index contributed by atoms with van der Waals surface area (Å²) < 4.78 is 5.53. The summed E-state index contributed by atoms with van der Waals surface area (Å²) in [5.74, 6) is 0.675. The third-order valence-electron chi connectivity index (χ3n) is 2.90. The highest BCUT2D eigenvalue weighted by molar-refractivity contribution is 5.97. The molecule has 1 aromatic heterocycles. The molecule has 89 valence electrons. The second-order valence-corrected chi connectivity index (χ2v) is 4.00. The molecule has 0 saturated heterocycles. The van der Waals surface area contributed by atoms with Gasteiger partial charge < -0.3 is 4.74 Å². The van der Waals surface area contributed by atoms with Crippen LogP contribution >= 0.6 is 0 Å². The molecule has 3 rings (SSSR count). The third-order valence-corrected chi connectivity index (χ3v) is 2.90. The van der Waals surface area contributed by atoms with E-state index >= 15 is 0 Å². The highest BCUT2D eigenvalue weighted by Crippen LogP contribution is 2.33. The molecule has 1 radical (unpaired) electrons. The molecule has 0 bridgehead atoms. The van der Waals surface area contributed by atoms with E-state index in [1.807, 2.05) is 25.1 Å². The first-order valence-electron chi connectivity index (χ1n) is 5.97. The molecule has 18 heavy (non-hydrogen) atoms. The van der Waals surface area contributed by atoms with Gasteiger partial charge in [0.25, 0.3) is 0 Å². The van der Waals surface area contributed by atoms with Gasteiger partial charge in [0, 0.05) is 0 Å². The molecule has 1 N–H and O–H groups in total. The van der Waals surface area contributed by atoms with Crippen LogP contribution in [-0.2, 0) is 0 Å². The molecule has 1 heterocycles. The van der Waals surface area contributed by atoms with Crippen molar-refractivity contribution in [2.45, 2.75) is 6.92 Å². The van der Waals surface area contributed by atoms with Crippen molar-refractivity contribution in [1.82, 2.24) is 10.2 Å². The number of ether oxygens (including phenoxy) is 1. The van der Waals surface area contributed by atoms with Crippen LogP contribution in [0.2, 0.25) is 0 Å². The summed E-state index contributed by atoms with van der Waals surface area (Å²) in [4.78, 5) is 0. The lowest BCUT2D eigenvalue weighted by Crippen LogP contribution is -1.93. The van der Waals surface area contributed by atoms with Crippen molar-refractivity contribution in [1.29, 1.82) is 0 Å². The van der Waals surface area contributed by atoms with E-state index in [1.54, 1.807) is 0 Å². The molecular weight excluding hydrogens is 224 g/mol. The van der Waals surface area contributed by atoms with Gasteiger partial charge in [0.2, 0.25) is 5.88 Å². The first-order valence-corrected chi connectivity index (χ1v) is 5.97. The van der Waals surface area contributed by atoms with E-state index in [0.29, 0.717) is 12.5 Å². The number of aromatic amines is 1. The molecule has 0 aliphatic carbocycles. The van der Waals surface area contributed by atoms with Crippen molar-refractivity contribution < 1.29 is 4.74 Å². The number of nitrogens with zero attached hydrogens (tertiary/aromatic N) is 1. The van der Waals surface area contributed by atoms with Crippen molar-refractivity contribution in [3.8, 4) is 17.0 Å². The van der Waals surface area contributed by atoms with Gasteiger partial charge in [0.1, 0.15) is 6.20 Å². The molecule has 0 aliphatic rings. The maximum Gasteiger partial charge on any atom is 0.217 e. The lowest BCUT2D eigenvalue weighted by Gasteiger charge is -2.07. The van der Waals surface area contributed by atoms with Gasteiger partial charge in [0.15, 0.2) is 0 Å². The van der Waals surface area contributed by atoms with Crippen LogP contribution in [-0.4, -0.2) is 16.8 Å². The summed E-state index contributed by atoms with van der Waals surface area (Å²) in [5, 5.41) is 9.17. The summed E-state index contributed by atoms with van der Waals surface area (Å²) in [6.07, 6.45) is 2.97. The van der Waals surface area contributed by atoms with Crippen molar-refractivity contribution >= 4 is 10.8 Å². The SMILES string of the molecule is CCOc1[nH]n[c]c1-c1cccc2ccccc12. The van der Waals surface area contributed by atoms with Crippen LogP contribution in [0, 0.1) is 6.20 Å². The number of fused-ring (bicyclic) bond motifs is 1. The van der Waals surface area contributed by atoms with E-state index in [9.17, 15) is 0 Å². The fourth-order valence-corrected chi connectivity index (χ4v) is 2.12. The summed E-state index contributed by atoms with van der Waals surface area (Å²) >= 11 is 0. The van der Waals surface area contributed by atoms with Crippen molar-refractivity contribution in [2.24, 2.45) is 0 Å². The standard InChI is InChI=1S/C15H13N2O/c1-2-18-15-14(10-16-17-15)13-9-5-7-11-6-3-4-8-12(11)13/h3-9H,2H2,1H3,(H,16,17). The average Bonchev–Trinajstić information content (AvgIpc) is 2.87. The molecular formula is C15H13N2O. The minimum Gasteiger partial charge on any atom is -0.478 e. The third kappa shape index (κ3) is 1.74. The van der Waals surface area contributed by atoms with Gasteiger partial charge in [-0.3, -0.25) is 0 Å². The fraction of sp³-hybridized carbons (Fsp3) is 0.133. The molecule has 3 nitrogen and oxygen atoms in total. The summed E-state index contributed by atoms with van der Waals surface area (Å²) in [7, 11) is 0. The van der Waals surface area contributed by atoms with E-state index in [0.717, 1.165) is 11.1 Å². The van der Waals surface area contributed by atoms with Gasteiger partial charge in [-0.1, -0.05) is 42.5 Å². The Kier molecular flexibility index (Phi) is 2.73. The zero-order chi connectivity index (χ0) is 12.4. The molecule has 0 fully saturated rings. The maximum atomic E-state index is 5.53. The maximum absolute atomic E-state index is 5.53. The average molecular weight is 237 g/mol. The minimum atomic E-state index is 0.605. The Labute approximate surface area is 105 Å². The molecule has 0 unspecified atom stereocenters. The summed E-state index contributed by atoms with van der Waals surface area (Å²) in [6.45, 7) is 2.56. The Hall–Kier alpha value is -2.29.